The molecular formula is C10H5Cl4N3O. The molecule has 1 heterocycles. The number of amides is 1. The van der Waals surface area contributed by atoms with Gasteiger partial charge in [-0.05, 0) is 18.2 Å². The van der Waals surface area contributed by atoms with Crippen molar-refractivity contribution in [1.29, 1.82) is 0 Å². The summed E-state index contributed by atoms with van der Waals surface area (Å²) in [4.78, 5) is 18.1. The van der Waals surface area contributed by atoms with Gasteiger partial charge < -0.3 is 10.3 Å². The Morgan fingerprint density at radius 3 is 2.44 bits per heavy atom. The molecule has 0 aliphatic rings. The van der Waals surface area contributed by atoms with Crippen LogP contribution in [0.4, 0.5) is 5.69 Å². The minimum Gasteiger partial charge on any atom is -0.324 e. The lowest BCUT2D eigenvalue weighted by Crippen LogP contribution is -2.13. The maximum Gasteiger partial charge on any atom is 0.291 e. The molecular weight excluding hydrogens is 320 g/mol. The predicted octanol–water partition coefficient (Wildman–Crippen LogP) is 4.28. The fourth-order valence-electron chi connectivity index (χ4n) is 1.20. The van der Waals surface area contributed by atoms with E-state index in [4.69, 9.17) is 46.4 Å². The Morgan fingerprint density at radius 1 is 1.17 bits per heavy atom. The SMILES string of the molecule is O=C(Nc1ccc(Cl)c(Cl)c1)c1nc(Cl)c(Cl)[nH]1. The molecule has 4 nitrogen and oxygen atoms in total. The van der Waals surface area contributed by atoms with Crippen LogP contribution in [0, 0.1) is 0 Å². The van der Waals surface area contributed by atoms with Crippen LogP contribution in [-0.4, -0.2) is 15.9 Å². The summed E-state index contributed by atoms with van der Waals surface area (Å²) in [7, 11) is 0. The van der Waals surface area contributed by atoms with Gasteiger partial charge in [0.25, 0.3) is 5.91 Å². The highest BCUT2D eigenvalue weighted by Crippen LogP contribution is 2.25. The maximum absolute atomic E-state index is 11.8. The van der Waals surface area contributed by atoms with Crippen LogP contribution in [0.1, 0.15) is 10.6 Å². The van der Waals surface area contributed by atoms with E-state index in [0.717, 1.165) is 0 Å². The second kappa shape index (κ2) is 5.36. The molecule has 0 radical (unpaired) electrons. The van der Waals surface area contributed by atoms with Gasteiger partial charge in [-0.15, -0.1) is 0 Å². The fraction of sp³-hybridized carbons (Fsp3) is 0. The highest BCUT2D eigenvalue weighted by atomic mass is 35.5. The van der Waals surface area contributed by atoms with Crippen molar-refractivity contribution in [2.24, 2.45) is 0 Å². The molecule has 0 spiro atoms. The third kappa shape index (κ3) is 2.90. The lowest BCUT2D eigenvalue weighted by atomic mass is 10.3. The van der Waals surface area contributed by atoms with Crippen LogP contribution >= 0.6 is 46.4 Å². The molecule has 0 bridgehead atoms. The van der Waals surface area contributed by atoms with Gasteiger partial charge in [0.15, 0.2) is 11.0 Å². The van der Waals surface area contributed by atoms with Gasteiger partial charge in [-0.3, -0.25) is 4.79 Å². The summed E-state index contributed by atoms with van der Waals surface area (Å²) in [5.74, 6) is -0.474. The molecule has 0 unspecified atom stereocenters. The van der Waals surface area contributed by atoms with E-state index in [1.54, 1.807) is 12.1 Å². The number of benzene rings is 1. The Bertz CT molecular complexity index is 592. The second-order valence-electron chi connectivity index (χ2n) is 3.27. The number of hydrogen-bond acceptors (Lipinski definition) is 2. The molecule has 0 aliphatic heterocycles. The smallest absolute Gasteiger partial charge is 0.291 e. The number of hydrogen-bond donors (Lipinski definition) is 2. The van der Waals surface area contributed by atoms with E-state index in [-0.39, 0.29) is 16.1 Å². The summed E-state index contributed by atoms with van der Waals surface area (Å²) in [6.45, 7) is 0. The van der Waals surface area contributed by atoms with Crippen molar-refractivity contribution in [3.8, 4) is 0 Å². The summed E-state index contributed by atoms with van der Waals surface area (Å²) >= 11 is 22.9. The van der Waals surface area contributed by atoms with E-state index in [1.807, 2.05) is 0 Å². The van der Waals surface area contributed by atoms with Crippen LogP contribution in [0.5, 0.6) is 0 Å². The van der Waals surface area contributed by atoms with Gasteiger partial charge in [0.1, 0.15) is 5.15 Å². The number of halogens is 4. The first-order valence-corrected chi connectivity index (χ1v) is 6.16. The number of carbonyl (C=O) groups excluding carboxylic acids is 1. The number of aromatic nitrogens is 2. The predicted molar refractivity (Wildman–Crippen MR) is 73.0 cm³/mol. The van der Waals surface area contributed by atoms with Gasteiger partial charge in [-0.25, -0.2) is 4.98 Å². The van der Waals surface area contributed by atoms with Gasteiger partial charge >= 0.3 is 0 Å². The van der Waals surface area contributed by atoms with Crippen LogP contribution in [0.2, 0.25) is 20.4 Å². The van der Waals surface area contributed by atoms with Gasteiger partial charge in [-0.2, -0.15) is 0 Å². The summed E-state index contributed by atoms with van der Waals surface area (Å²) in [5.41, 5.74) is 0.484. The third-order valence-electron chi connectivity index (χ3n) is 2.01. The highest BCUT2D eigenvalue weighted by molar-refractivity contribution is 6.42. The minimum atomic E-state index is -0.484. The number of H-pyrrole nitrogens is 1. The average Bonchev–Trinajstić information content (AvgIpc) is 2.65. The van der Waals surface area contributed by atoms with E-state index >= 15 is 0 Å². The van der Waals surface area contributed by atoms with Crippen molar-refractivity contribution in [2.75, 3.05) is 5.32 Å². The largest absolute Gasteiger partial charge is 0.324 e. The first-order valence-electron chi connectivity index (χ1n) is 4.65. The average molecular weight is 325 g/mol. The van der Waals surface area contributed by atoms with E-state index in [1.165, 1.54) is 6.07 Å². The number of imidazole rings is 1. The molecule has 0 saturated carbocycles. The Kier molecular flexibility index (Phi) is 4.02. The maximum atomic E-state index is 11.8. The minimum absolute atomic E-state index is 0.0103. The zero-order valence-electron chi connectivity index (χ0n) is 8.60. The lowest BCUT2D eigenvalue weighted by Gasteiger charge is -2.04. The number of aromatic amines is 1. The van der Waals surface area contributed by atoms with Crippen LogP contribution in [0.15, 0.2) is 18.2 Å². The Labute approximate surface area is 122 Å². The van der Waals surface area contributed by atoms with Crippen molar-refractivity contribution in [2.45, 2.75) is 0 Å². The van der Waals surface area contributed by atoms with Crippen LogP contribution < -0.4 is 5.32 Å². The Hall–Kier alpha value is -0.940. The molecule has 2 N–H and O–H groups in total. The molecule has 2 aromatic rings. The van der Waals surface area contributed by atoms with E-state index in [2.05, 4.69) is 15.3 Å². The standard InChI is InChI=1S/C10H5Cl4N3O/c11-5-2-1-4(3-6(5)12)15-10(18)9-16-7(13)8(14)17-9/h1-3H,(H,15,18)(H,16,17). The first kappa shape index (κ1) is 13.5. The van der Waals surface area contributed by atoms with E-state index < -0.39 is 5.91 Å². The third-order valence-corrected chi connectivity index (χ3v) is 3.39. The van der Waals surface area contributed by atoms with Crippen molar-refractivity contribution >= 4 is 58.0 Å². The molecule has 8 heteroatoms. The molecule has 1 amide bonds. The lowest BCUT2D eigenvalue weighted by molar-refractivity contribution is 0.101. The molecule has 1 aromatic carbocycles. The normalized spacial score (nSPS) is 10.4. The zero-order valence-corrected chi connectivity index (χ0v) is 11.6. The van der Waals surface area contributed by atoms with Gasteiger partial charge in [0, 0.05) is 5.69 Å². The number of nitrogens with one attached hydrogen (secondary N) is 2. The highest BCUT2D eigenvalue weighted by Gasteiger charge is 2.14. The van der Waals surface area contributed by atoms with Crippen molar-refractivity contribution < 1.29 is 4.79 Å². The van der Waals surface area contributed by atoms with E-state index in [0.29, 0.717) is 15.7 Å². The summed E-state index contributed by atoms with van der Waals surface area (Å²) in [6, 6.07) is 4.70. The van der Waals surface area contributed by atoms with Crippen molar-refractivity contribution in [3.63, 3.8) is 0 Å². The zero-order chi connectivity index (χ0) is 13.3. The second-order valence-corrected chi connectivity index (χ2v) is 4.82. The molecule has 0 atom stereocenters. The summed E-state index contributed by atoms with van der Waals surface area (Å²) < 4.78 is 0. The number of rotatable bonds is 2. The van der Waals surface area contributed by atoms with Crippen LogP contribution in [0.25, 0.3) is 0 Å². The molecule has 1 aromatic heterocycles. The van der Waals surface area contributed by atoms with Crippen molar-refractivity contribution in [1.82, 2.24) is 9.97 Å². The Morgan fingerprint density at radius 2 is 1.89 bits per heavy atom. The molecule has 0 saturated heterocycles. The fourth-order valence-corrected chi connectivity index (χ4v) is 1.76. The number of carbonyl (C=O) groups is 1. The topological polar surface area (TPSA) is 57.8 Å². The van der Waals surface area contributed by atoms with Gasteiger partial charge in [0.2, 0.25) is 0 Å². The van der Waals surface area contributed by atoms with Gasteiger partial charge in [0.05, 0.1) is 10.0 Å². The monoisotopic (exact) mass is 323 g/mol. The van der Waals surface area contributed by atoms with Gasteiger partial charge in [-0.1, -0.05) is 46.4 Å². The summed E-state index contributed by atoms with van der Waals surface area (Å²) in [6.07, 6.45) is 0. The van der Waals surface area contributed by atoms with Crippen LogP contribution in [0.3, 0.4) is 0 Å². The van der Waals surface area contributed by atoms with E-state index in [9.17, 15) is 4.79 Å². The quantitative estimate of drug-likeness (QED) is 0.866. The Balaban J connectivity index is 2.18. The van der Waals surface area contributed by atoms with Crippen LogP contribution in [-0.2, 0) is 0 Å². The summed E-state index contributed by atoms with van der Waals surface area (Å²) in [5, 5.41) is 3.46. The molecule has 0 aliphatic carbocycles. The molecule has 0 fully saturated rings. The van der Waals surface area contributed by atoms with Crippen molar-refractivity contribution in [3.05, 3.63) is 44.4 Å². The number of anilines is 1. The molecule has 94 valence electrons. The molecule has 18 heavy (non-hydrogen) atoms. The first-order chi connectivity index (χ1) is 8.47. The molecule has 2 rings (SSSR count). The number of nitrogens with zero attached hydrogens (tertiary/aromatic N) is 1.